The maximum atomic E-state index is 12.3. The fourth-order valence-corrected chi connectivity index (χ4v) is 3.01. The number of para-hydroxylation sites is 1. The van der Waals surface area contributed by atoms with Gasteiger partial charge < -0.3 is 24.8 Å². The van der Waals surface area contributed by atoms with Crippen LogP contribution >= 0.6 is 11.6 Å². The summed E-state index contributed by atoms with van der Waals surface area (Å²) in [5, 5.41) is 5.64. The summed E-state index contributed by atoms with van der Waals surface area (Å²) in [6, 6.07) is 9.58. The zero-order valence-corrected chi connectivity index (χ0v) is 17.2. The van der Waals surface area contributed by atoms with Crippen LogP contribution in [0.4, 0.5) is 5.69 Å². The average molecular weight is 433 g/mol. The van der Waals surface area contributed by atoms with E-state index in [-0.39, 0.29) is 34.0 Å². The number of methoxy groups -OCH3 is 2. The molecule has 1 aliphatic carbocycles. The molecule has 2 aromatic carbocycles. The Kier molecular flexibility index (Phi) is 6.79. The number of hydrogen-bond donors (Lipinski definition) is 2. The van der Waals surface area contributed by atoms with Gasteiger partial charge in [0.25, 0.3) is 11.8 Å². The predicted octanol–water partition coefficient (Wildman–Crippen LogP) is 3.04. The summed E-state index contributed by atoms with van der Waals surface area (Å²) >= 11 is 6.09. The van der Waals surface area contributed by atoms with E-state index in [1.807, 2.05) is 0 Å². The monoisotopic (exact) mass is 432 g/mol. The Balaban J connectivity index is 1.62. The van der Waals surface area contributed by atoms with E-state index in [1.54, 1.807) is 24.3 Å². The number of ether oxygens (including phenoxy) is 3. The van der Waals surface area contributed by atoms with Gasteiger partial charge in [0.05, 0.1) is 36.1 Å². The largest absolute Gasteiger partial charge is 0.493 e. The first-order chi connectivity index (χ1) is 14.4. The number of carbonyl (C=O) groups excluding carboxylic acids is 3. The second-order valence-corrected chi connectivity index (χ2v) is 7.02. The molecule has 2 N–H and O–H groups in total. The van der Waals surface area contributed by atoms with E-state index in [9.17, 15) is 14.4 Å². The van der Waals surface area contributed by atoms with Gasteiger partial charge >= 0.3 is 5.97 Å². The molecule has 0 saturated heterocycles. The van der Waals surface area contributed by atoms with E-state index >= 15 is 0 Å². The molecule has 1 aliphatic rings. The van der Waals surface area contributed by atoms with Crippen LogP contribution in [0.1, 0.15) is 33.6 Å². The van der Waals surface area contributed by atoms with Gasteiger partial charge in [0.2, 0.25) is 0 Å². The molecule has 2 amide bonds. The van der Waals surface area contributed by atoms with Crippen molar-refractivity contribution in [3.8, 4) is 11.5 Å². The molecule has 1 fully saturated rings. The lowest BCUT2D eigenvalue weighted by Gasteiger charge is -2.12. The highest BCUT2D eigenvalue weighted by Crippen LogP contribution is 2.36. The standard InChI is InChI=1S/C21H21ClN2O6/c1-28-17-10-12(9-15(22)19(17)29-2)21(27)30-11-18(25)24-16-6-4-3-5-14(16)20(26)23-13-7-8-13/h3-6,9-10,13H,7-8,11H2,1-2H3,(H,23,26)(H,24,25). The number of rotatable bonds is 8. The summed E-state index contributed by atoms with van der Waals surface area (Å²) in [4.78, 5) is 36.9. The highest BCUT2D eigenvalue weighted by molar-refractivity contribution is 6.32. The maximum absolute atomic E-state index is 12.3. The maximum Gasteiger partial charge on any atom is 0.338 e. The molecule has 0 spiro atoms. The Bertz CT molecular complexity index is 974. The van der Waals surface area contributed by atoms with Crippen LogP contribution in [0.25, 0.3) is 0 Å². The Morgan fingerprint density at radius 2 is 1.83 bits per heavy atom. The van der Waals surface area contributed by atoms with Crippen molar-refractivity contribution in [3.05, 3.63) is 52.5 Å². The lowest BCUT2D eigenvalue weighted by molar-refractivity contribution is -0.119. The first-order valence-corrected chi connectivity index (χ1v) is 9.59. The number of nitrogens with one attached hydrogen (secondary N) is 2. The summed E-state index contributed by atoms with van der Waals surface area (Å²) < 4.78 is 15.3. The number of halogens is 1. The molecule has 2 aromatic rings. The van der Waals surface area contributed by atoms with E-state index in [0.717, 1.165) is 12.8 Å². The molecule has 3 rings (SSSR count). The van der Waals surface area contributed by atoms with Crippen LogP contribution in [0.2, 0.25) is 5.02 Å². The average Bonchev–Trinajstić information content (AvgIpc) is 3.55. The van der Waals surface area contributed by atoms with Crippen LogP contribution in [0.15, 0.2) is 36.4 Å². The summed E-state index contributed by atoms with van der Waals surface area (Å²) in [7, 11) is 2.84. The van der Waals surface area contributed by atoms with Crippen LogP contribution in [-0.2, 0) is 9.53 Å². The number of hydrogen-bond acceptors (Lipinski definition) is 6. The van der Waals surface area contributed by atoms with Crippen molar-refractivity contribution in [3.63, 3.8) is 0 Å². The second kappa shape index (κ2) is 9.49. The Hall–Kier alpha value is -3.26. The molecule has 0 unspecified atom stereocenters. The van der Waals surface area contributed by atoms with Crippen molar-refractivity contribution in [2.75, 3.05) is 26.1 Å². The quantitative estimate of drug-likeness (QED) is 0.621. The summed E-state index contributed by atoms with van der Waals surface area (Å²) in [6.45, 7) is -0.538. The van der Waals surface area contributed by atoms with Gasteiger partial charge in [-0.2, -0.15) is 0 Å². The van der Waals surface area contributed by atoms with Crippen molar-refractivity contribution in [2.45, 2.75) is 18.9 Å². The molecule has 0 aromatic heterocycles. The van der Waals surface area contributed by atoms with Crippen molar-refractivity contribution in [1.82, 2.24) is 5.32 Å². The summed E-state index contributed by atoms with van der Waals surface area (Å²) in [5.41, 5.74) is 0.788. The van der Waals surface area contributed by atoms with Crippen LogP contribution in [0, 0.1) is 0 Å². The second-order valence-electron chi connectivity index (χ2n) is 6.61. The molecule has 0 heterocycles. The van der Waals surface area contributed by atoms with Crippen LogP contribution in [0.5, 0.6) is 11.5 Å². The minimum absolute atomic E-state index is 0.106. The van der Waals surface area contributed by atoms with Crippen LogP contribution < -0.4 is 20.1 Å². The molecule has 0 radical (unpaired) electrons. The minimum Gasteiger partial charge on any atom is -0.493 e. The third-order valence-electron chi connectivity index (χ3n) is 4.36. The molecule has 8 nitrogen and oxygen atoms in total. The van der Waals surface area contributed by atoms with Gasteiger partial charge in [-0.05, 0) is 37.1 Å². The molecule has 1 saturated carbocycles. The highest BCUT2D eigenvalue weighted by Gasteiger charge is 2.25. The van der Waals surface area contributed by atoms with Crippen LogP contribution in [0.3, 0.4) is 0 Å². The number of benzene rings is 2. The zero-order valence-electron chi connectivity index (χ0n) is 16.5. The van der Waals surface area contributed by atoms with Gasteiger partial charge in [0, 0.05) is 6.04 Å². The van der Waals surface area contributed by atoms with Gasteiger partial charge in [-0.3, -0.25) is 9.59 Å². The summed E-state index contributed by atoms with van der Waals surface area (Å²) in [5.74, 6) is -1.05. The van der Waals surface area contributed by atoms with E-state index in [1.165, 1.54) is 26.4 Å². The molecular formula is C21H21ClN2O6. The number of esters is 1. The predicted molar refractivity (Wildman–Crippen MR) is 110 cm³/mol. The van der Waals surface area contributed by atoms with Gasteiger partial charge in [-0.15, -0.1) is 0 Å². The number of anilines is 1. The SMILES string of the molecule is COc1cc(C(=O)OCC(=O)Nc2ccccc2C(=O)NC2CC2)cc(Cl)c1OC. The molecule has 30 heavy (non-hydrogen) atoms. The third-order valence-corrected chi connectivity index (χ3v) is 4.64. The molecular weight excluding hydrogens is 412 g/mol. The van der Waals surface area contributed by atoms with Gasteiger partial charge in [-0.25, -0.2) is 4.79 Å². The Morgan fingerprint density at radius 1 is 1.10 bits per heavy atom. The first kappa shape index (κ1) is 21.4. The fraction of sp³-hybridized carbons (Fsp3) is 0.286. The number of carbonyl (C=O) groups is 3. The lowest BCUT2D eigenvalue weighted by atomic mass is 10.1. The minimum atomic E-state index is -0.757. The van der Waals surface area contributed by atoms with Gasteiger partial charge in [0.15, 0.2) is 18.1 Å². The summed E-state index contributed by atoms with van der Waals surface area (Å²) in [6.07, 6.45) is 1.91. The van der Waals surface area contributed by atoms with Crippen molar-refractivity contribution >= 4 is 35.1 Å². The molecule has 9 heteroatoms. The van der Waals surface area contributed by atoms with E-state index < -0.39 is 18.5 Å². The van der Waals surface area contributed by atoms with Gasteiger partial charge in [0.1, 0.15) is 0 Å². The zero-order chi connectivity index (χ0) is 21.7. The van der Waals surface area contributed by atoms with Crippen molar-refractivity contribution in [1.29, 1.82) is 0 Å². The van der Waals surface area contributed by atoms with E-state index in [0.29, 0.717) is 11.3 Å². The first-order valence-electron chi connectivity index (χ1n) is 9.21. The van der Waals surface area contributed by atoms with E-state index in [4.69, 9.17) is 25.8 Å². The molecule has 0 aliphatic heterocycles. The fourth-order valence-electron chi connectivity index (χ4n) is 2.72. The molecule has 0 atom stereocenters. The molecule has 0 bridgehead atoms. The van der Waals surface area contributed by atoms with Gasteiger partial charge in [-0.1, -0.05) is 23.7 Å². The lowest BCUT2D eigenvalue weighted by Crippen LogP contribution is -2.28. The third kappa shape index (κ3) is 5.21. The Morgan fingerprint density at radius 3 is 2.50 bits per heavy atom. The number of amides is 2. The highest BCUT2D eigenvalue weighted by atomic mass is 35.5. The topological polar surface area (TPSA) is 103 Å². The van der Waals surface area contributed by atoms with Crippen LogP contribution in [-0.4, -0.2) is 44.7 Å². The smallest absolute Gasteiger partial charge is 0.338 e. The van der Waals surface area contributed by atoms with Crippen molar-refractivity contribution in [2.24, 2.45) is 0 Å². The van der Waals surface area contributed by atoms with Crippen molar-refractivity contribution < 1.29 is 28.6 Å². The normalized spacial score (nSPS) is 12.6. The Labute approximate surface area is 178 Å². The molecule has 158 valence electrons. The van der Waals surface area contributed by atoms with E-state index in [2.05, 4.69) is 10.6 Å².